The average Bonchev–Trinajstić information content (AvgIpc) is 2.27. The number of hydrogen-bond acceptors (Lipinski definition) is 3. The number of ketones is 1. The van der Waals surface area contributed by atoms with E-state index in [0.717, 1.165) is 0 Å². The van der Waals surface area contributed by atoms with Crippen molar-refractivity contribution in [1.82, 2.24) is 0 Å². The zero-order valence-electron chi connectivity index (χ0n) is 8.39. The SMILES string of the molecule is O=C(/C=C(\O)c1ccccc1)CCCO. The highest BCUT2D eigenvalue weighted by Crippen LogP contribution is 2.10. The van der Waals surface area contributed by atoms with Crippen LogP contribution in [0.15, 0.2) is 36.4 Å². The number of hydrogen-bond donors (Lipinski definition) is 2. The second kappa shape index (κ2) is 5.98. The van der Waals surface area contributed by atoms with E-state index in [1.54, 1.807) is 24.3 Å². The third kappa shape index (κ3) is 3.95. The molecule has 1 aromatic carbocycles. The van der Waals surface area contributed by atoms with Gasteiger partial charge < -0.3 is 10.2 Å². The molecule has 80 valence electrons. The second-order valence-corrected chi connectivity index (χ2v) is 3.19. The van der Waals surface area contributed by atoms with E-state index in [9.17, 15) is 9.90 Å². The molecule has 0 unspecified atom stereocenters. The van der Waals surface area contributed by atoms with Crippen LogP contribution in [0.25, 0.3) is 5.76 Å². The van der Waals surface area contributed by atoms with Gasteiger partial charge in [-0.2, -0.15) is 0 Å². The Hall–Kier alpha value is -1.61. The highest BCUT2D eigenvalue weighted by molar-refractivity contribution is 5.95. The molecule has 2 N–H and O–H groups in total. The third-order valence-corrected chi connectivity index (χ3v) is 1.95. The molecule has 0 fully saturated rings. The molecular weight excluding hydrogens is 192 g/mol. The van der Waals surface area contributed by atoms with Crippen molar-refractivity contribution < 1.29 is 15.0 Å². The van der Waals surface area contributed by atoms with Gasteiger partial charge in [0, 0.05) is 24.7 Å². The number of benzene rings is 1. The lowest BCUT2D eigenvalue weighted by atomic mass is 10.1. The predicted molar refractivity (Wildman–Crippen MR) is 58.4 cm³/mol. The summed E-state index contributed by atoms with van der Waals surface area (Å²) in [4.78, 5) is 11.2. The molecule has 0 atom stereocenters. The van der Waals surface area contributed by atoms with Crippen LogP contribution >= 0.6 is 0 Å². The van der Waals surface area contributed by atoms with Gasteiger partial charge in [-0.15, -0.1) is 0 Å². The van der Waals surface area contributed by atoms with Gasteiger partial charge in [-0.1, -0.05) is 30.3 Å². The summed E-state index contributed by atoms with van der Waals surface area (Å²) in [5.41, 5.74) is 0.620. The quantitative estimate of drug-likeness (QED) is 0.571. The van der Waals surface area contributed by atoms with Crippen molar-refractivity contribution in [2.24, 2.45) is 0 Å². The Labute approximate surface area is 88.7 Å². The van der Waals surface area contributed by atoms with Crippen molar-refractivity contribution in [3.8, 4) is 0 Å². The fraction of sp³-hybridized carbons (Fsp3) is 0.250. The summed E-state index contributed by atoms with van der Waals surface area (Å²) in [7, 11) is 0. The Balaban J connectivity index is 2.64. The lowest BCUT2D eigenvalue weighted by molar-refractivity contribution is -0.114. The summed E-state index contributed by atoms with van der Waals surface area (Å²) < 4.78 is 0. The van der Waals surface area contributed by atoms with Crippen LogP contribution in [0, 0.1) is 0 Å². The van der Waals surface area contributed by atoms with Gasteiger partial charge in [-0.25, -0.2) is 0 Å². The fourth-order valence-corrected chi connectivity index (χ4v) is 1.17. The van der Waals surface area contributed by atoms with Crippen LogP contribution in [-0.4, -0.2) is 22.6 Å². The lowest BCUT2D eigenvalue weighted by Gasteiger charge is -1.99. The van der Waals surface area contributed by atoms with Crippen molar-refractivity contribution in [3.63, 3.8) is 0 Å². The van der Waals surface area contributed by atoms with Gasteiger partial charge in [0.2, 0.25) is 0 Å². The molecule has 0 aliphatic carbocycles. The molecule has 1 rings (SSSR count). The first-order valence-corrected chi connectivity index (χ1v) is 4.84. The smallest absolute Gasteiger partial charge is 0.159 e. The van der Waals surface area contributed by atoms with Crippen molar-refractivity contribution in [2.45, 2.75) is 12.8 Å². The second-order valence-electron chi connectivity index (χ2n) is 3.19. The highest BCUT2D eigenvalue weighted by Gasteiger charge is 2.02. The van der Waals surface area contributed by atoms with Crippen LogP contribution in [0.5, 0.6) is 0 Å². The minimum Gasteiger partial charge on any atom is -0.507 e. The summed E-state index contributed by atoms with van der Waals surface area (Å²) in [6, 6.07) is 8.87. The first kappa shape index (κ1) is 11.5. The summed E-state index contributed by atoms with van der Waals surface area (Å²) in [6.45, 7) is -0.00826. The zero-order valence-corrected chi connectivity index (χ0v) is 8.39. The molecule has 0 aliphatic heterocycles. The summed E-state index contributed by atoms with van der Waals surface area (Å²) >= 11 is 0. The van der Waals surface area contributed by atoms with Gasteiger partial charge in [0.05, 0.1) is 0 Å². The molecule has 0 amide bonds. The van der Waals surface area contributed by atoms with Crippen LogP contribution in [0.3, 0.4) is 0 Å². The lowest BCUT2D eigenvalue weighted by Crippen LogP contribution is -1.96. The van der Waals surface area contributed by atoms with Gasteiger partial charge in [0.1, 0.15) is 5.76 Å². The highest BCUT2D eigenvalue weighted by atomic mass is 16.3. The van der Waals surface area contributed by atoms with Crippen LogP contribution in [-0.2, 0) is 4.79 Å². The molecule has 0 saturated heterocycles. The number of carbonyl (C=O) groups is 1. The van der Waals surface area contributed by atoms with Crippen molar-refractivity contribution in [1.29, 1.82) is 0 Å². The van der Waals surface area contributed by atoms with E-state index in [4.69, 9.17) is 5.11 Å². The van der Waals surface area contributed by atoms with E-state index in [-0.39, 0.29) is 24.6 Å². The Morgan fingerprint density at radius 3 is 2.53 bits per heavy atom. The van der Waals surface area contributed by atoms with Crippen molar-refractivity contribution >= 4 is 11.5 Å². The topological polar surface area (TPSA) is 57.5 Å². The number of rotatable bonds is 5. The maximum absolute atomic E-state index is 11.2. The molecule has 0 spiro atoms. The number of carbonyl (C=O) groups excluding carboxylic acids is 1. The maximum atomic E-state index is 11.2. The molecule has 15 heavy (non-hydrogen) atoms. The molecule has 0 aliphatic rings. The minimum atomic E-state index is -0.176. The zero-order chi connectivity index (χ0) is 11.1. The molecule has 0 aromatic heterocycles. The Kier molecular flexibility index (Phi) is 4.57. The van der Waals surface area contributed by atoms with E-state index < -0.39 is 0 Å². The summed E-state index contributed by atoms with van der Waals surface area (Å²) in [5, 5.41) is 18.1. The Morgan fingerprint density at radius 2 is 1.93 bits per heavy atom. The fourth-order valence-electron chi connectivity index (χ4n) is 1.17. The van der Waals surface area contributed by atoms with E-state index in [0.29, 0.717) is 12.0 Å². The number of aliphatic hydroxyl groups is 2. The summed E-state index contributed by atoms with van der Waals surface area (Å²) in [6.07, 6.45) is 1.88. The minimum absolute atomic E-state index is 0.00826. The summed E-state index contributed by atoms with van der Waals surface area (Å²) in [5.74, 6) is -0.205. The molecule has 0 bridgehead atoms. The molecule has 0 saturated carbocycles. The first-order valence-electron chi connectivity index (χ1n) is 4.84. The number of aliphatic hydroxyl groups excluding tert-OH is 2. The van der Waals surface area contributed by atoms with Crippen LogP contribution in [0.4, 0.5) is 0 Å². The van der Waals surface area contributed by atoms with Gasteiger partial charge >= 0.3 is 0 Å². The maximum Gasteiger partial charge on any atom is 0.159 e. The van der Waals surface area contributed by atoms with Gasteiger partial charge in [-0.3, -0.25) is 4.79 Å². The molecular formula is C12H14O3. The standard InChI is InChI=1S/C12H14O3/c13-8-4-7-11(14)9-12(15)10-5-2-1-3-6-10/h1-3,5-6,9,13,15H,4,7-8H2/b12-9-. The van der Waals surface area contributed by atoms with Crippen LogP contribution in [0.1, 0.15) is 18.4 Å². The average molecular weight is 206 g/mol. The van der Waals surface area contributed by atoms with E-state index >= 15 is 0 Å². The first-order chi connectivity index (χ1) is 7.24. The normalized spacial score (nSPS) is 11.4. The Bertz CT molecular complexity index is 341. The largest absolute Gasteiger partial charge is 0.507 e. The van der Waals surface area contributed by atoms with E-state index in [1.807, 2.05) is 6.07 Å². The monoisotopic (exact) mass is 206 g/mol. The third-order valence-electron chi connectivity index (χ3n) is 1.95. The van der Waals surface area contributed by atoms with Crippen molar-refractivity contribution in [3.05, 3.63) is 42.0 Å². The van der Waals surface area contributed by atoms with Crippen LogP contribution in [0.2, 0.25) is 0 Å². The van der Waals surface area contributed by atoms with E-state index in [2.05, 4.69) is 0 Å². The molecule has 3 heteroatoms. The van der Waals surface area contributed by atoms with Gasteiger partial charge in [-0.05, 0) is 6.42 Å². The van der Waals surface area contributed by atoms with E-state index in [1.165, 1.54) is 6.08 Å². The number of allylic oxidation sites excluding steroid dienone is 1. The van der Waals surface area contributed by atoms with Crippen molar-refractivity contribution in [2.75, 3.05) is 6.61 Å². The van der Waals surface area contributed by atoms with Gasteiger partial charge in [0.25, 0.3) is 0 Å². The molecule has 0 heterocycles. The molecule has 3 nitrogen and oxygen atoms in total. The Morgan fingerprint density at radius 1 is 1.27 bits per heavy atom. The predicted octanol–water partition coefficient (Wildman–Crippen LogP) is 1.93. The van der Waals surface area contributed by atoms with Crippen LogP contribution < -0.4 is 0 Å². The van der Waals surface area contributed by atoms with Gasteiger partial charge in [0.15, 0.2) is 5.78 Å². The molecule has 0 radical (unpaired) electrons. The molecule has 1 aromatic rings.